The van der Waals surface area contributed by atoms with Crippen molar-refractivity contribution in [3.8, 4) is 0 Å². The molecule has 0 amide bonds. The average Bonchev–Trinajstić information content (AvgIpc) is 2.82. The summed E-state index contributed by atoms with van der Waals surface area (Å²) in [6.07, 6.45) is 10.9. The SMILES string of the molecule is CCCCCCCCc1cccc2c1CCN2. The Morgan fingerprint density at radius 2 is 1.88 bits per heavy atom. The molecule has 0 saturated carbocycles. The van der Waals surface area contributed by atoms with E-state index in [1.165, 1.54) is 57.1 Å². The van der Waals surface area contributed by atoms with E-state index >= 15 is 0 Å². The van der Waals surface area contributed by atoms with Crippen LogP contribution in [0.2, 0.25) is 0 Å². The number of hydrogen-bond donors (Lipinski definition) is 1. The molecule has 2 rings (SSSR count). The minimum absolute atomic E-state index is 1.13. The number of benzene rings is 1. The average molecular weight is 231 g/mol. The predicted molar refractivity (Wildman–Crippen MR) is 75.7 cm³/mol. The van der Waals surface area contributed by atoms with Gasteiger partial charge >= 0.3 is 0 Å². The van der Waals surface area contributed by atoms with Crippen LogP contribution >= 0.6 is 0 Å². The number of anilines is 1. The lowest BCUT2D eigenvalue weighted by atomic mass is 9.99. The number of nitrogens with one attached hydrogen (secondary N) is 1. The Morgan fingerprint density at radius 1 is 1.06 bits per heavy atom. The van der Waals surface area contributed by atoms with Gasteiger partial charge in [-0.15, -0.1) is 0 Å². The summed E-state index contributed by atoms with van der Waals surface area (Å²) in [7, 11) is 0. The fraction of sp³-hybridized carbons (Fsp3) is 0.625. The molecule has 0 fully saturated rings. The van der Waals surface area contributed by atoms with Gasteiger partial charge in [0.2, 0.25) is 0 Å². The van der Waals surface area contributed by atoms with E-state index in [1.54, 1.807) is 11.1 Å². The van der Waals surface area contributed by atoms with E-state index < -0.39 is 0 Å². The minimum Gasteiger partial charge on any atom is -0.384 e. The van der Waals surface area contributed by atoms with Crippen LogP contribution in [-0.2, 0) is 12.8 Å². The van der Waals surface area contributed by atoms with E-state index in [0.29, 0.717) is 0 Å². The van der Waals surface area contributed by atoms with Crippen molar-refractivity contribution in [2.45, 2.75) is 58.3 Å². The van der Waals surface area contributed by atoms with Gasteiger partial charge in [-0.25, -0.2) is 0 Å². The van der Waals surface area contributed by atoms with Crippen LogP contribution in [0.15, 0.2) is 18.2 Å². The molecular formula is C16H25N. The van der Waals surface area contributed by atoms with Gasteiger partial charge < -0.3 is 5.32 Å². The van der Waals surface area contributed by atoms with Gasteiger partial charge in [0.1, 0.15) is 0 Å². The summed E-state index contributed by atoms with van der Waals surface area (Å²) in [6, 6.07) is 6.73. The summed E-state index contributed by atoms with van der Waals surface area (Å²) < 4.78 is 0. The van der Waals surface area contributed by atoms with E-state index in [9.17, 15) is 0 Å². The molecule has 1 aliphatic heterocycles. The maximum Gasteiger partial charge on any atom is 0.0376 e. The fourth-order valence-corrected chi connectivity index (χ4v) is 2.75. The summed E-state index contributed by atoms with van der Waals surface area (Å²) in [5, 5.41) is 3.46. The lowest BCUT2D eigenvalue weighted by Gasteiger charge is -2.07. The predicted octanol–water partition coefficient (Wildman–Crippen LogP) is 4.56. The molecule has 1 heterocycles. The lowest BCUT2D eigenvalue weighted by Crippen LogP contribution is -1.92. The highest BCUT2D eigenvalue weighted by Crippen LogP contribution is 2.26. The zero-order valence-electron chi connectivity index (χ0n) is 11.1. The van der Waals surface area contributed by atoms with Crippen LogP contribution in [0.1, 0.15) is 56.6 Å². The molecular weight excluding hydrogens is 206 g/mol. The molecule has 0 aliphatic carbocycles. The molecule has 0 spiro atoms. The molecule has 1 aromatic carbocycles. The highest BCUT2D eigenvalue weighted by molar-refractivity contribution is 5.58. The lowest BCUT2D eigenvalue weighted by molar-refractivity contribution is 0.607. The van der Waals surface area contributed by atoms with Crippen LogP contribution in [-0.4, -0.2) is 6.54 Å². The standard InChI is InChI=1S/C16H25N/c1-2-3-4-5-6-7-9-14-10-8-11-16-15(14)12-13-17-16/h8,10-11,17H,2-7,9,12-13H2,1H3. The first kappa shape index (κ1) is 12.5. The second kappa shape index (κ2) is 6.68. The maximum absolute atomic E-state index is 3.46. The summed E-state index contributed by atoms with van der Waals surface area (Å²) in [6.45, 7) is 3.41. The van der Waals surface area contributed by atoms with Crippen LogP contribution in [0.25, 0.3) is 0 Å². The van der Waals surface area contributed by atoms with Gasteiger partial charge in [-0.3, -0.25) is 0 Å². The molecule has 17 heavy (non-hydrogen) atoms. The smallest absolute Gasteiger partial charge is 0.0376 e. The van der Waals surface area contributed by atoms with E-state index in [-0.39, 0.29) is 0 Å². The normalized spacial score (nSPS) is 13.5. The largest absolute Gasteiger partial charge is 0.384 e. The second-order valence-electron chi connectivity index (χ2n) is 5.14. The number of unbranched alkanes of at least 4 members (excludes halogenated alkanes) is 5. The molecule has 1 nitrogen and oxygen atoms in total. The second-order valence-corrected chi connectivity index (χ2v) is 5.14. The third kappa shape index (κ3) is 3.49. The van der Waals surface area contributed by atoms with Crippen molar-refractivity contribution < 1.29 is 0 Å². The Hall–Kier alpha value is -0.980. The monoisotopic (exact) mass is 231 g/mol. The van der Waals surface area contributed by atoms with Gasteiger partial charge in [-0.1, -0.05) is 51.2 Å². The third-order valence-corrected chi connectivity index (χ3v) is 3.76. The summed E-state index contributed by atoms with van der Waals surface area (Å²) in [4.78, 5) is 0. The maximum atomic E-state index is 3.46. The van der Waals surface area contributed by atoms with E-state index in [0.717, 1.165) is 6.54 Å². The zero-order chi connectivity index (χ0) is 11.9. The van der Waals surface area contributed by atoms with Crippen molar-refractivity contribution in [3.63, 3.8) is 0 Å². The first-order valence-corrected chi connectivity index (χ1v) is 7.26. The number of aryl methyl sites for hydroxylation is 1. The molecule has 1 heteroatoms. The topological polar surface area (TPSA) is 12.0 Å². The Labute approximate surface area is 106 Å². The van der Waals surface area contributed by atoms with E-state index in [2.05, 4.69) is 30.4 Å². The third-order valence-electron chi connectivity index (χ3n) is 3.76. The molecule has 1 aliphatic rings. The van der Waals surface area contributed by atoms with Gasteiger partial charge in [-0.05, 0) is 36.5 Å². The molecule has 1 N–H and O–H groups in total. The first-order valence-electron chi connectivity index (χ1n) is 7.26. The van der Waals surface area contributed by atoms with Crippen molar-refractivity contribution in [1.29, 1.82) is 0 Å². The highest BCUT2D eigenvalue weighted by atomic mass is 14.9. The molecule has 0 atom stereocenters. The van der Waals surface area contributed by atoms with Gasteiger partial charge in [-0.2, -0.15) is 0 Å². The van der Waals surface area contributed by atoms with E-state index in [1.807, 2.05) is 0 Å². The molecule has 0 saturated heterocycles. The Bertz CT molecular complexity index is 343. The van der Waals surface area contributed by atoms with Crippen LogP contribution < -0.4 is 5.32 Å². The van der Waals surface area contributed by atoms with Gasteiger partial charge in [0, 0.05) is 12.2 Å². The van der Waals surface area contributed by atoms with E-state index in [4.69, 9.17) is 0 Å². The van der Waals surface area contributed by atoms with Gasteiger partial charge in [0.05, 0.1) is 0 Å². The Morgan fingerprint density at radius 3 is 2.76 bits per heavy atom. The fourth-order valence-electron chi connectivity index (χ4n) is 2.75. The van der Waals surface area contributed by atoms with Crippen molar-refractivity contribution >= 4 is 5.69 Å². The molecule has 1 aromatic rings. The number of hydrogen-bond acceptors (Lipinski definition) is 1. The van der Waals surface area contributed by atoms with Crippen LogP contribution in [0, 0.1) is 0 Å². The number of rotatable bonds is 7. The quantitative estimate of drug-likeness (QED) is 0.678. The Balaban J connectivity index is 1.74. The molecule has 0 unspecified atom stereocenters. The van der Waals surface area contributed by atoms with Gasteiger partial charge in [0.15, 0.2) is 0 Å². The van der Waals surface area contributed by atoms with Crippen molar-refractivity contribution in [2.75, 3.05) is 11.9 Å². The Kier molecular flexibility index (Phi) is 4.90. The summed E-state index contributed by atoms with van der Waals surface area (Å²) >= 11 is 0. The minimum atomic E-state index is 1.13. The van der Waals surface area contributed by atoms with Crippen molar-refractivity contribution in [3.05, 3.63) is 29.3 Å². The van der Waals surface area contributed by atoms with Crippen LogP contribution in [0.5, 0.6) is 0 Å². The summed E-state index contributed by atoms with van der Waals surface area (Å²) in [5.41, 5.74) is 4.55. The first-order chi connectivity index (χ1) is 8.42. The van der Waals surface area contributed by atoms with Gasteiger partial charge in [0.25, 0.3) is 0 Å². The number of fused-ring (bicyclic) bond motifs is 1. The molecule has 0 bridgehead atoms. The van der Waals surface area contributed by atoms with Crippen LogP contribution in [0.3, 0.4) is 0 Å². The van der Waals surface area contributed by atoms with Crippen LogP contribution in [0.4, 0.5) is 5.69 Å². The molecule has 0 radical (unpaired) electrons. The molecule has 94 valence electrons. The highest BCUT2D eigenvalue weighted by Gasteiger charge is 2.12. The summed E-state index contributed by atoms with van der Waals surface area (Å²) in [5.74, 6) is 0. The zero-order valence-corrected chi connectivity index (χ0v) is 11.1. The van der Waals surface area contributed by atoms with Crippen molar-refractivity contribution in [1.82, 2.24) is 0 Å². The van der Waals surface area contributed by atoms with Crippen molar-refractivity contribution in [2.24, 2.45) is 0 Å². The molecule has 0 aromatic heterocycles.